The molecule has 0 saturated carbocycles. The molecule has 0 fully saturated rings. The lowest BCUT2D eigenvalue weighted by Crippen LogP contribution is -1.99. The maximum atomic E-state index is 5.72. The lowest BCUT2D eigenvalue weighted by atomic mass is 10.4. The molecule has 0 aliphatic rings. The van der Waals surface area contributed by atoms with Crippen LogP contribution in [-0.4, -0.2) is 23.5 Å². The molecule has 0 aliphatic heterocycles. The summed E-state index contributed by atoms with van der Waals surface area (Å²) in [6.07, 6.45) is 1.60. The zero-order valence-electron chi connectivity index (χ0n) is 7.50. The second kappa shape index (κ2) is 5.30. The number of halogens is 1. The van der Waals surface area contributed by atoms with Gasteiger partial charge in [-0.1, -0.05) is 11.6 Å². The Labute approximate surface area is 73.4 Å². The molecule has 0 atom stereocenters. The standard InChI is InChI=1S/C8H15ClN2/c1-6(2)10-5-8(9)11-7(3)4/h5-7H,1-4H3. The van der Waals surface area contributed by atoms with Crippen LogP contribution in [0.5, 0.6) is 0 Å². The smallest absolute Gasteiger partial charge is 0.141 e. The van der Waals surface area contributed by atoms with Crippen molar-refractivity contribution in [2.45, 2.75) is 39.8 Å². The normalized spacial score (nSPS) is 13.9. The molecule has 0 unspecified atom stereocenters. The van der Waals surface area contributed by atoms with Crippen molar-refractivity contribution in [3.8, 4) is 0 Å². The summed E-state index contributed by atoms with van der Waals surface area (Å²) in [6, 6.07) is 0.521. The quantitative estimate of drug-likeness (QED) is 0.588. The molecule has 0 rings (SSSR count). The maximum absolute atomic E-state index is 5.72. The SMILES string of the molecule is CC(C)N=CC(Cl)=NC(C)C. The van der Waals surface area contributed by atoms with E-state index < -0.39 is 0 Å². The molecule has 0 aliphatic carbocycles. The van der Waals surface area contributed by atoms with Crippen LogP contribution in [0, 0.1) is 0 Å². The van der Waals surface area contributed by atoms with Crippen LogP contribution in [-0.2, 0) is 0 Å². The summed E-state index contributed by atoms with van der Waals surface area (Å²) in [4.78, 5) is 8.17. The highest BCUT2D eigenvalue weighted by Gasteiger charge is 1.91. The van der Waals surface area contributed by atoms with E-state index in [1.54, 1.807) is 6.21 Å². The van der Waals surface area contributed by atoms with Crippen molar-refractivity contribution in [1.29, 1.82) is 0 Å². The van der Waals surface area contributed by atoms with Crippen molar-refractivity contribution < 1.29 is 0 Å². The fourth-order valence-corrected chi connectivity index (χ4v) is 0.742. The van der Waals surface area contributed by atoms with Crippen molar-refractivity contribution >= 4 is 23.0 Å². The first-order valence-corrected chi connectivity index (χ1v) is 4.16. The number of hydrogen-bond donors (Lipinski definition) is 0. The van der Waals surface area contributed by atoms with E-state index in [-0.39, 0.29) is 12.1 Å². The summed E-state index contributed by atoms with van der Waals surface area (Å²) >= 11 is 5.72. The van der Waals surface area contributed by atoms with Gasteiger partial charge in [0.05, 0.1) is 6.21 Å². The summed E-state index contributed by atoms with van der Waals surface area (Å²) in [7, 11) is 0. The zero-order chi connectivity index (χ0) is 8.85. The zero-order valence-corrected chi connectivity index (χ0v) is 8.26. The molecule has 0 heterocycles. The van der Waals surface area contributed by atoms with Gasteiger partial charge < -0.3 is 0 Å². The fraction of sp³-hybridized carbons (Fsp3) is 0.750. The van der Waals surface area contributed by atoms with Crippen LogP contribution in [0.25, 0.3) is 0 Å². The minimum Gasteiger partial charge on any atom is -0.287 e. The molecule has 0 N–H and O–H groups in total. The number of aliphatic imine (C=N–C) groups is 2. The first-order chi connectivity index (χ1) is 5.02. The van der Waals surface area contributed by atoms with E-state index in [0.717, 1.165) is 0 Å². The molecular weight excluding hydrogens is 160 g/mol. The van der Waals surface area contributed by atoms with Gasteiger partial charge in [0.2, 0.25) is 0 Å². The molecule has 0 amide bonds. The first-order valence-electron chi connectivity index (χ1n) is 3.79. The minimum absolute atomic E-state index is 0.237. The van der Waals surface area contributed by atoms with E-state index in [2.05, 4.69) is 9.98 Å². The lowest BCUT2D eigenvalue weighted by molar-refractivity contribution is 0.835. The monoisotopic (exact) mass is 174 g/mol. The third kappa shape index (κ3) is 7.53. The van der Waals surface area contributed by atoms with Crippen LogP contribution < -0.4 is 0 Å². The van der Waals surface area contributed by atoms with Crippen molar-refractivity contribution in [3.63, 3.8) is 0 Å². The highest BCUT2D eigenvalue weighted by molar-refractivity contribution is 6.79. The fourth-order valence-electron chi connectivity index (χ4n) is 0.491. The van der Waals surface area contributed by atoms with Gasteiger partial charge in [-0.3, -0.25) is 9.98 Å². The van der Waals surface area contributed by atoms with Crippen molar-refractivity contribution in [2.24, 2.45) is 9.98 Å². The summed E-state index contributed by atoms with van der Waals surface area (Å²) < 4.78 is 0. The second-order valence-corrected chi connectivity index (χ2v) is 3.30. The molecule has 0 spiro atoms. The number of nitrogens with zero attached hydrogens (tertiary/aromatic N) is 2. The molecule has 0 aromatic carbocycles. The van der Waals surface area contributed by atoms with Crippen LogP contribution in [0.2, 0.25) is 0 Å². The Morgan fingerprint density at radius 1 is 1.18 bits per heavy atom. The Morgan fingerprint density at radius 3 is 2.09 bits per heavy atom. The van der Waals surface area contributed by atoms with E-state index in [4.69, 9.17) is 11.6 Å². The number of rotatable bonds is 3. The molecular formula is C8H15ClN2. The van der Waals surface area contributed by atoms with Gasteiger partial charge in [-0.2, -0.15) is 0 Å². The third-order valence-electron chi connectivity index (χ3n) is 0.861. The van der Waals surface area contributed by atoms with E-state index >= 15 is 0 Å². The molecule has 64 valence electrons. The van der Waals surface area contributed by atoms with Crippen LogP contribution in [0.15, 0.2) is 9.98 Å². The van der Waals surface area contributed by atoms with Gasteiger partial charge in [-0.05, 0) is 27.7 Å². The Balaban J connectivity index is 3.95. The summed E-state index contributed by atoms with van der Waals surface area (Å²) in [5, 5.41) is 0.480. The predicted octanol–water partition coefficient (Wildman–Crippen LogP) is 2.51. The minimum atomic E-state index is 0.237. The Hall–Kier alpha value is -0.370. The molecule has 0 radical (unpaired) electrons. The van der Waals surface area contributed by atoms with Crippen LogP contribution in [0.1, 0.15) is 27.7 Å². The molecule has 0 aromatic heterocycles. The average molecular weight is 175 g/mol. The topological polar surface area (TPSA) is 24.7 Å². The average Bonchev–Trinajstić information content (AvgIpc) is 1.82. The van der Waals surface area contributed by atoms with Crippen LogP contribution >= 0.6 is 11.6 Å². The molecule has 0 saturated heterocycles. The predicted molar refractivity (Wildman–Crippen MR) is 52.1 cm³/mol. The summed E-state index contributed by atoms with van der Waals surface area (Å²) in [6.45, 7) is 7.95. The van der Waals surface area contributed by atoms with Gasteiger partial charge in [0.1, 0.15) is 5.17 Å². The van der Waals surface area contributed by atoms with Gasteiger partial charge in [0.25, 0.3) is 0 Å². The molecule has 2 nitrogen and oxygen atoms in total. The van der Waals surface area contributed by atoms with Gasteiger partial charge in [-0.15, -0.1) is 0 Å². The van der Waals surface area contributed by atoms with Crippen LogP contribution in [0.4, 0.5) is 0 Å². The van der Waals surface area contributed by atoms with Gasteiger partial charge >= 0.3 is 0 Å². The molecule has 0 bridgehead atoms. The van der Waals surface area contributed by atoms with E-state index in [0.29, 0.717) is 5.17 Å². The highest BCUT2D eigenvalue weighted by Crippen LogP contribution is 1.92. The summed E-state index contributed by atoms with van der Waals surface area (Å²) in [5.74, 6) is 0. The van der Waals surface area contributed by atoms with E-state index in [9.17, 15) is 0 Å². The maximum Gasteiger partial charge on any atom is 0.141 e. The Morgan fingerprint density at radius 2 is 1.73 bits per heavy atom. The number of hydrogen-bond acceptors (Lipinski definition) is 2. The molecule has 0 aromatic rings. The lowest BCUT2D eigenvalue weighted by Gasteiger charge is -1.96. The van der Waals surface area contributed by atoms with E-state index in [1.807, 2.05) is 27.7 Å². The van der Waals surface area contributed by atoms with Gasteiger partial charge in [-0.25, -0.2) is 0 Å². The highest BCUT2D eigenvalue weighted by atomic mass is 35.5. The molecule has 3 heteroatoms. The Bertz CT molecular complexity index is 159. The molecule has 11 heavy (non-hydrogen) atoms. The van der Waals surface area contributed by atoms with Gasteiger partial charge in [0, 0.05) is 12.1 Å². The van der Waals surface area contributed by atoms with Gasteiger partial charge in [0.15, 0.2) is 0 Å². The first kappa shape index (κ1) is 10.6. The van der Waals surface area contributed by atoms with Crippen molar-refractivity contribution in [1.82, 2.24) is 0 Å². The Kier molecular flexibility index (Phi) is 5.12. The van der Waals surface area contributed by atoms with Crippen molar-refractivity contribution in [3.05, 3.63) is 0 Å². The van der Waals surface area contributed by atoms with Crippen molar-refractivity contribution in [2.75, 3.05) is 0 Å². The summed E-state index contributed by atoms with van der Waals surface area (Å²) in [5.41, 5.74) is 0. The van der Waals surface area contributed by atoms with E-state index in [1.165, 1.54) is 0 Å². The second-order valence-electron chi connectivity index (χ2n) is 2.92. The largest absolute Gasteiger partial charge is 0.287 e. The third-order valence-corrected chi connectivity index (χ3v) is 1.06. The van der Waals surface area contributed by atoms with Crippen LogP contribution in [0.3, 0.4) is 0 Å².